The molecule has 1 aromatic carbocycles. The van der Waals surface area contributed by atoms with Gasteiger partial charge < -0.3 is 14.4 Å². The van der Waals surface area contributed by atoms with Crippen molar-refractivity contribution in [1.82, 2.24) is 4.90 Å². The normalized spacial score (nSPS) is 16.4. The lowest BCUT2D eigenvalue weighted by Gasteiger charge is -2.32. The number of rotatable bonds is 8. The highest BCUT2D eigenvalue weighted by atomic mass is 32.2. The number of aliphatic carboxylic acids is 1. The summed E-state index contributed by atoms with van der Waals surface area (Å²) in [6.45, 7) is 2.41. The maximum absolute atomic E-state index is 13.0. The molecule has 3 rings (SSSR count). The van der Waals surface area contributed by atoms with Crippen LogP contribution in [-0.2, 0) is 17.8 Å². The molecule has 27 heavy (non-hydrogen) atoms. The van der Waals surface area contributed by atoms with Gasteiger partial charge in [0, 0.05) is 6.20 Å². The largest absolute Gasteiger partial charge is 0.478 e. The SMILES string of the molecule is Cc1ccc(CN2C=CC=C(C(=O)O)C2SCCCc2ccc(F)cc2)o1. The summed E-state index contributed by atoms with van der Waals surface area (Å²) in [7, 11) is 0. The van der Waals surface area contributed by atoms with Crippen LogP contribution in [0.2, 0.25) is 0 Å². The summed E-state index contributed by atoms with van der Waals surface area (Å²) in [6.07, 6.45) is 7.04. The molecule has 0 bridgehead atoms. The van der Waals surface area contributed by atoms with Crippen LogP contribution in [0.25, 0.3) is 0 Å². The zero-order valence-electron chi connectivity index (χ0n) is 15.1. The minimum Gasteiger partial charge on any atom is -0.478 e. The molecule has 1 atom stereocenters. The van der Waals surface area contributed by atoms with Crippen molar-refractivity contribution in [3.8, 4) is 0 Å². The minimum atomic E-state index is -0.906. The molecule has 0 aliphatic carbocycles. The topological polar surface area (TPSA) is 53.7 Å². The number of thioether (sulfide) groups is 1. The Hall–Kier alpha value is -2.47. The van der Waals surface area contributed by atoms with E-state index in [-0.39, 0.29) is 11.2 Å². The number of halogens is 1. The lowest BCUT2D eigenvalue weighted by Crippen LogP contribution is -2.34. The van der Waals surface area contributed by atoms with E-state index in [0.29, 0.717) is 12.1 Å². The van der Waals surface area contributed by atoms with Crippen LogP contribution in [0.4, 0.5) is 4.39 Å². The Bertz CT molecular complexity index is 841. The van der Waals surface area contributed by atoms with E-state index in [1.807, 2.05) is 30.2 Å². The summed E-state index contributed by atoms with van der Waals surface area (Å²) in [6, 6.07) is 10.3. The van der Waals surface area contributed by atoms with Crippen molar-refractivity contribution >= 4 is 17.7 Å². The molecule has 142 valence electrons. The standard InChI is InChI=1S/C21H22FNO3S/c1-15-6-11-18(26-15)14-23-12-2-5-19(21(24)25)20(23)27-13-3-4-16-7-9-17(22)10-8-16/h2,5-12,20H,3-4,13-14H2,1H3,(H,24,25). The number of hydrogen-bond donors (Lipinski definition) is 1. The Morgan fingerprint density at radius 1 is 1.26 bits per heavy atom. The number of furan rings is 1. The first kappa shape index (κ1) is 19.3. The van der Waals surface area contributed by atoms with Crippen molar-refractivity contribution in [3.63, 3.8) is 0 Å². The molecular weight excluding hydrogens is 365 g/mol. The molecular formula is C21H22FNO3S. The highest BCUT2D eigenvalue weighted by Crippen LogP contribution is 2.30. The van der Waals surface area contributed by atoms with Gasteiger partial charge in [-0.15, -0.1) is 11.8 Å². The number of benzene rings is 1. The fraction of sp³-hybridized carbons (Fsp3) is 0.286. The summed E-state index contributed by atoms with van der Waals surface area (Å²) in [4.78, 5) is 13.6. The van der Waals surface area contributed by atoms with Gasteiger partial charge >= 0.3 is 5.97 Å². The lowest BCUT2D eigenvalue weighted by atomic mass is 10.1. The number of allylic oxidation sites excluding steroid dienone is 2. The zero-order chi connectivity index (χ0) is 19.2. The van der Waals surface area contributed by atoms with E-state index < -0.39 is 5.97 Å². The molecule has 0 spiro atoms. The molecule has 0 saturated carbocycles. The van der Waals surface area contributed by atoms with Crippen molar-refractivity contribution in [2.45, 2.75) is 31.7 Å². The van der Waals surface area contributed by atoms with Crippen LogP contribution in [0, 0.1) is 12.7 Å². The van der Waals surface area contributed by atoms with Gasteiger partial charge in [-0.2, -0.15) is 0 Å². The van der Waals surface area contributed by atoms with E-state index in [4.69, 9.17) is 4.42 Å². The van der Waals surface area contributed by atoms with E-state index in [2.05, 4.69) is 0 Å². The quantitative estimate of drug-likeness (QED) is 0.662. The molecule has 6 heteroatoms. The second-order valence-corrected chi connectivity index (χ2v) is 7.59. The van der Waals surface area contributed by atoms with Gasteiger partial charge in [-0.05, 0) is 67.5 Å². The van der Waals surface area contributed by atoms with Gasteiger partial charge in [-0.3, -0.25) is 0 Å². The van der Waals surface area contributed by atoms with Gasteiger partial charge in [0.05, 0.1) is 12.1 Å². The predicted octanol–water partition coefficient (Wildman–Crippen LogP) is 4.76. The molecule has 0 saturated heterocycles. The van der Waals surface area contributed by atoms with Crippen molar-refractivity contribution in [3.05, 3.63) is 83.2 Å². The molecule has 4 nitrogen and oxygen atoms in total. The highest BCUT2D eigenvalue weighted by Gasteiger charge is 2.27. The smallest absolute Gasteiger partial charge is 0.334 e. The van der Waals surface area contributed by atoms with Crippen LogP contribution >= 0.6 is 11.8 Å². The Labute approximate surface area is 162 Å². The number of hydrogen-bond acceptors (Lipinski definition) is 4. The minimum absolute atomic E-state index is 0.234. The van der Waals surface area contributed by atoms with Gasteiger partial charge in [0.25, 0.3) is 0 Å². The predicted molar refractivity (Wildman–Crippen MR) is 105 cm³/mol. The highest BCUT2D eigenvalue weighted by molar-refractivity contribution is 8.00. The maximum atomic E-state index is 13.0. The van der Waals surface area contributed by atoms with Crippen molar-refractivity contribution in [1.29, 1.82) is 0 Å². The summed E-state index contributed by atoms with van der Waals surface area (Å²) < 4.78 is 18.6. The van der Waals surface area contributed by atoms with E-state index in [1.54, 1.807) is 36.0 Å². The van der Waals surface area contributed by atoms with Gasteiger partial charge in [-0.1, -0.05) is 12.1 Å². The molecule has 2 aromatic rings. The van der Waals surface area contributed by atoms with Crippen molar-refractivity contribution < 1.29 is 18.7 Å². The summed E-state index contributed by atoms with van der Waals surface area (Å²) in [5, 5.41) is 9.28. The van der Waals surface area contributed by atoms with E-state index in [9.17, 15) is 14.3 Å². The van der Waals surface area contributed by atoms with Crippen molar-refractivity contribution in [2.75, 3.05) is 5.75 Å². The zero-order valence-corrected chi connectivity index (χ0v) is 15.9. The Kier molecular flexibility index (Phi) is 6.40. The number of carboxylic acid groups (broad SMARTS) is 1. The molecule has 1 unspecified atom stereocenters. The molecule has 1 aliphatic rings. The second-order valence-electron chi connectivity index (χ2n) is 6.41. The average Bonchev–Trinajstić information content (AvgIpc) is 3.05. The molecule has 1 aliphatic heterocycles. The third-order valence-electron chi connectivity index (χ3n) is 4.30. The Morgan fingerprint density at radius 2 is 2.04 bits per heavy atom. The van der Waals surface area contributed by atoms with E-state index >= 15 is 0 Å². The monoisotopic (exact) mass is 387 g/mol. The maximum Gasteiger partial charge on any atom is 0.334 e. The first-order valence-corrected chi connectivity index (χ1v) is 9.86. The van der Waals surface area contributed by atoms with E-state index in [0.717, 1.165) is 35.7 Å². The van der Waals surface area contributed by atoms with Crippen LogP contribution in [0.15, 0.2) is 64.7 Å². The fourth-order valence-corrected chi connectivity index (χ4v) is 4.20. The molecule has 1 aromatic heterocycles. The third-order valence-corrected chi connectivity index (χ3v) is 5.67. The third kappa shape index (κ3) is 5.26. The average molecular weight is 387 g/mol. The first-order valence-electron chi connectivity index (χ1n) is 8.82. The van der Waals surface area contributed by atoms with Crippen LogP contribution < -0.4 is 0 Å². The lowest BCUT2D eigenvalue weighted by molar-refractivity contribution is -0.133. The fourth-order valence-electron chi connectivity index (χ4n) is 2.97. The Balaban J connectivity index is 1.60. The number of carbonyl (C=O) groups is 1. The van der Waals surface area contributed by atoms with Crippen LogP contribution in [0.1, 0.15) is 23.5 Å². The number of carboxylic acids is 1. The molecule has 0 fully saturated rings. The summed E-state index contributed by atoms with van der Waals surface area (Å²) in [5.41, 5.74) is 1.45. The number of aryl methyl sites for hydroxylation is 2. The van der Waals surface area contributed by atoms with Gasteiger partial charge in [0.15, 0.2) is 0 Å². The van der Waals surface area contributed by atoms with Gasteiger partial charge in [0.2, 0.25) is 0 Å². The summed E-state index contributed by atoms with van der Waals surface area (Å²) in [5.74, 6) is 1.30. The summed E-state index contributed by atoms with van der Waals surface area (Å²) >= 11 is 1.60. The van der Waals surface area contributed by atoms with Crippen LogP contribution in [0.5, 0.6) is 0 Å². The number of nitrogens with zero attached hydrogens (tertiary/aromatic N) is 1. The van der Waals surface area contributed by atoms with Crippen molar-refractivity contribution in [2.24, 2.45) is 0 Å². The van der Waals surface area contributed by atoms with Crippen LogP contribution in [-0.4, -0.2) is 27.1 Å². The van der Waals surface area contributed by atoms with Gasteiger partial charge in [-0.25, -0.2) is 9.18 Å². The van der Waals surface area contributed by atoms with Crippen LogP contribution in [0.3, 0.4) is 0 Å². The molecule has 0 radical (unpaired) electrons. The molecule has 1 N–H and O–H groups in total. The molecule has 2 heterocycles. The Morgan fingerprint density at radius 3 is 2.70 bits per heavy atom. The molecule has 0 amide bonds. The second kappa shape index (κ2) is 8.95. The van der Waals surface area contributed by atoms with E-state index in [1.165, 1.54) is 12.1 Å². The van der Waals surface area contributed by atoms with Gasteiger partial charge in [0.1, 0.15) is 22.7 Å². The first-order chi connectivity index (χ1) is 13.0.